The summed E-state index contributed by atoms with van der Waals surface area (Å²) in [6, 6.07) is 17.7. The molecular formula is C86H112N14O22S2. The van der Waals surface area contributed by atoms with E-state index in [1.807, 2.05) is 74.2 Å². The van der Waals surface area contributed by atoms with Crippen LogP contribution in [0.2, 0.25) is 0 Å². The molecule has 36 nitrogen and oxygen atoms in total. The van der Waals surface area contributed by atoms with Crippen molar-refractivity contribution in [3.8, 4) is 5.75 Å². The number of aliphatic hydroxyl groups excluding tert-OH is 1. The fourth-order valence-electron chi connectivity index (χ4n) is 19.2. The van der Waals surface area contributed by atoms with Crippen LogP contribution in [0.5, 0.6) is 5.75 Å². The Labute approximate surface area is 725 Å². The minimum Gasteiger partial charge on any atom is -0.496 e. The number of nitrogens with one attached hydrogen (secondary N) is 5. The highest BCUT2D eigenvalue weighted by molar-refractivity contribution is 8.76. The molecule has 2 saturated heterocycles. The fraction of sp³-hybridized carbons (Fsp3) is 0.547. The molecule has 124 heavy (non-hydrogen) atoms. The molecule has 1 spiro atoms. The molecular weight excluding hydrogens is 1650 g/mol. The molecule has 5 aromatic rings. The first-order valence-corrected chi connectivity index (χ1v) is 44.2. The van der Waals surface area contributed by atoms with Gasteiger partial charge in [-0.05, 0) is 105 Å². The van der Waals surface area contributed by atoms with E-state index < -0.39 is 100 Å². The Morgan fingerprint density at radius 2 is 1.56 bits per heavy atom. The highest BCUT2D eigenvalue weighted by Gasteiger charge is 2.79. The number of ketones is 3. The minimum absolute atomic E-state index is 0.0371. The largest absolute Gasteiger partial charge is 0.496 e. The Bertz CT molecular complexity index is 4840. The van der Waals surface area contributed by atoms with E-state index in [4.69, 9.17) is 29.5 Å². The van der Waals surface area contributed by atoms with Gasteiger partial charge in [0.25, 0.3) is 12.4 Å². The van der Waals surface area contributed by atoms with Crippen molar-refractivity contribution < 1.29 is 107 Å². The number of carbonyl (C=O) groups is 11. The number of nitrogens with zero attached hydrogens (tertiary/aromatic N) is 8. The van der Waals surface area contributed by atoms with Gasteiger partial charge in [-0.3, -0.25) is 73.0 Å². The number of H-pyrrole nitrogens is 1. The van der Waals surface area contributed by atoms with Crippen molar-refractivity contribution in [3.05, 3.63) is 124 Å². The maximum Gasteiger partial charge on any atom is 0.426 e. The molecule has 7 aliphatic rings. The van der Waals surface area contributed by atoms with Crippen LogP contribution in [0, 0.1) is 17.3 Å². The molecule has 6 aliphatic heterocycles. The van der Waals surface area contributed by atoms with Crippen molar-refractivity contribution in [2.45, 2.75) is 158 Å². The Balaban J connectivity index is 0.000000351. The van der Waals surface area contributed by atoms with E-state index in [2.05, 4.69) is 63.4 Å². The number of carbonyl (C=O) groups excluding carboxylic acids is 10. The lowest BCUT2D eigenvalue weighted by atomic mass is 9.47. The number of nitrogens with two attached hydrogens (primary N) is 1. The van der Waals surface area contributed by atoms with Crippen LogP contribution in [0.15, 0.2) is 84.0 Å². The maximum absolute atomic E-state index is 15.1. The van der Waals surface area contributed by atoms with Gasteiger partial charge in [-0.1, -0.05) is 104 Å². The van der Waals surface area contributed by atoms with E-state index in [0.29, 0.717) is 125 Å². The minimum atomic E-state index is -2.56. The molecule has 1 saturated carbocycles. The third kappa shape index (κ3) is 21.7. The number of methoxy groups -OCH3 is 1. The number of ether oxygens (including phenoxy) is 3. The molecule has 670 valence electrons. The number of hydrazine groups is 1. The van der Waals surface area contributed by atoms with Gasteiger partial charge < -0.3 is 71.1 Å². The van der Waals surface area contributed by atoms with Gasteiger partial charge in [0, 0.05) is 147 Å². The number of anilines is 1. The molecule has 8 heterocycles. The Hall–Kier alpha value is -10.5. The molecule has 11 atom stereocenters. The van der Waals surface area contributed by atoms with Gasteiger partial charge in [0.2, 0.25) is 11.8 Å². The number of fused-ring (bicyclic) bond motifs is 7. The number of aryl methyl sites for hydroxylation is 2. The number of hydrogen-bond donors (Lipinski definition) is 12. The normalized spacial score (nSPS) is 24.0. The van der Waals surface area contributed by atoms with Gasteiger partial charge >= 0.3 is 30.2 Å². The Morgan fingerprint density at radius 3 is 2.23 bits per heavy atom. The van der Waals surface area contributed by atoms with Crippen LogP contribution in [0.4, 0.5) is 16.3 Å². The summed E-state index contributed by atoms with van der Waals surface area (Å²) in [6.45, 7) is 10.6. The molecule has 13 N–H and O–H groups in total. The molecule has 38 heteroatoms. The number of rotatable bonds is 39. The average molecular weight is 1760 g/mol. The van der Waals surface area contributed by atoms with Gasteiger partial charge in [-0.25, -0.2) is 25.2 Å². The second kappa shape index (κ2) is 42.9. The molecule has 1 unspecified atom stereocenters. The summed E-state index contributed by atoms with van der Waals surface area (Å²) >= 11 is 0. The smallest absolute Gasteiger partial charge is 0.426 e. The first-order chi connectivity index (χ1) is 59.3. The number of likely N-dealkylation sites (N-methyl/N-ethyl adjacent to an activating group) is 1. The standard InChI is InChI=1S/C60H83N9O15S2.C25H29N5O5.CO2/c1-6-39(71)31-66(33-48(73)74)21-22-67(34-49(75)76)32-47(72)61-17-24-85-86-25-23-84-55(79)64-63-54(78)60(81)52-59(16-20-69-18-11-15-57(8-3,51(59)69)53(60)77)42-26-43(46(82-5)27-45(42)65(52)4)58(36-83-37-70)29-38-28-56(80,7-2)35-68(30-38)19-14-41-40-12-9-10-13-44(40)62-50(41)58;1-2-11-27-22(33)10-8-17(25(34)35)12-19(31)16-6-3-15(4-7-16)5-9-18-14-28-24-23(29-18)20(32)13-21(26)30-24;2-1-3/h9-13,15,26-27,37-38,51-53,62,77,80-81H,6-8,14,16-25,28-36H2,1-5H3,(H,61,72)(H,63,78)(H,64,79)(H,73,74)(H,75,76);3-4,6-7,14,17H,2,5,8-13H2,1H3,(H,27,33)(H,34,35)(H2,26,28,30);/t38-,51+,52-,53-,56+,57-,58+,59-,60+;17-;/m10./s1. The van der Waals surface area contributed by atoms with Crippen molar-refractivity contribution in [2.24, 2.45) is 28.0 Å². The number of aliphatic imine (C=N–C) groups is 1. The van der Waals surface area contributed by atoms with Gasteiger partial charge in [0.05, 0.1) is 74.6 Å². The molecule has 3 fully saturated rings. The zero-order valence-electron chi connectivity index (χ0n) is 70.6. The van der Waals surface area contributed by atoms with Crippen LogP contribution in [0.3, 0.4) is 0 Å². The molecule has 12 rings (SSSR count). The summed E-state index contributed by atoms with van der Waals surface area (Å²) in [5.74, 6) is -4.99. The van der Waals surface area contributed by atoms with E-state index >= 15 is 4.79 Å². The Morgan fingerprint density at radius 1 is 0.847 bits per heavy atom. The molecule has 2 bridgehead atoms. The summed E-state index contributed by atoms with van der Waals surface area (Å²) in [6.07, 6.45) is 8.33. The highest BCUT2D eigenvalue weighted by atomic mass is 33.1. The summed E-state index contributed by atoms with van der Waals surface area (Å²) in [7, 11) is 6.13. The van der Waals surface area contributed by atoms with Gasteiger partial charge in [0.1, 0.15) is 36.7 Å². The zero-order valence-corrected chi connectivity index (χ0v) is 72.2. The predicted molar refractivity (Wildman–Crippen MR) is 457 cm³/mol. The number of carboxylic acids is 3. The number of aliphatic carboxylic acids is 3. The lowest BCUT2D eigenvalue weighted by Gasteiger charge is -2.63. The van der Waals surface area contributed by atoms with E-state index in [-0.39, 0.29) is 131 Å². The molecule has 1 aliphatic carbocycles. The van der Waals surface area contributed by atoms with Crippen molar-refractivity contribution in [3.63, 3.8) is 0 Å². The highest BCUT2D eigenvalue weighted by Crippen LogP contribution is 2.68. The molecule has 3 aromatic carbocycles. The summed E-state index contributed by atoms with van der Waals surface area (Å²) in [5, 5.41) is 73.2. The second-order valence-electron chi connectivity index (χ2n) is 32.6. The van der Waals surface area contributed by atoms with Crippen LogP contribution in [0.25, 0.3) is 10.9 Å². The predicted octanol–water partition coefficient (Wildman–Crippen LogP) is 4.09. The SMILES string of the molecule is CCC(=O)CN(CCN(CC(=O)O)CC(=O)NCCSSCCOC(=O)NNC(=O)[C@@]1(O)[C@H](O)[C@]2(CC)C=CCN3CC[C@@]4(c5cc([C@@]6(COC=O)C[C@@H]7CN(CCc8c6[nH]c6ccccc86)C[C@](O)(CC)C7)c(OC)cc5N(C)[C@@H]14)[C@@H]32)CC(=O)O.CCCNC(=O)CC[C@@H](CC(=O)c1ccc(CCc2cnc3c(n2)C(=O)CC(N)=N3)cc1)C(=O)O.O=C=O. The zero-order chi connectivity index (χ0) is 89.8. The maximum atomic E-state index is 15.1. The number of hydrogen-bond acceptors (Lipinski definition) is 30. The number of piperidine rings is 1. The second-order valence-corrected chi connectivity index (χ2v) is 35.3. The number of amidine groups is 1. The quantitative estimate of drug-likeness (QED) is 0.00658. The summed E-state index contributed by atoms with van der Waals surface area (Å²) < 4.78 is 17.9. The number of aromatic amines is 1. The van der Waals surface area contributed by atoms with Crippen molar-refractivity contribution in [1.29, 1.82) is 0 Å². The molecule has 4 amide bonds. The first-order valence-electron chi connectivity index (χ1n) is 41.7. The van der Waals surface area contributed by atoms with Crippen LogP contribution in [0.1, 0.15) is 153 Å². The lowest BCUT2D eigenvalue weighted by Crippen LogP contribution is -2.82. The van der Waals surface area contributed by atoms with Crippen molar-refractivity contribution in [1.82, 2.24) is 56.0 Å². The van der Waals surface area contributed by atoms with Crippen LogP contribution in [-0.4, -0.2) is 296 Å². The van der Waals surface area contributed by atoms with E-state index in [1.165, 1.54) is 31.4 Å². The van der Waals surface area contributed by atoms with E-state index in [1.54, 1.807) is 39.4 Å². The lowest BCUT2D eigenvalue weighted by molar-refractivity contribution is -0.204. The van der Waals surface area contributed by atoms with Crippen molar-refractivity contribution >= 4 is 122 Å². The van der Waals surface area contributed by atoms with Crippen molar-refractivity contribution in [2.75, 3.05) is 129 Å². The van der Waals surface area contributed by atoms with E-state index in [0.717, 1.165) is 51.8 Å². The monoisotopic (exact) mass is 1760 g/mol. The van der Waals surface area contributed by atoms with Gasteiger partial charge in [0.15, 0.2) is 28.7 Å². The molecule has 2 aromatic heterocycles. The topological polar surface area (TPSA) is 515 Å². The number of para-hydroxylation sites is 1. The van der Waals surface area contributed by atoms with E-state index in [9.17, 15) is 78.6 Å². The molecule has 0 radical (unpaired) electrons. The number of carboxylic acid groups (broad SMARTS) is 3. The number of amides is 4. The van der Waals surface area contributed by atoms with Gasteiger partial charge in [-0.15, -0.1) is 0 Å². The summed E-state index contributed by atoms with van der Waals surface area (Å²) in [5.41, 5.74) is 11.0. The van der Waals surface area contributed by atoms with Crippen LogP contribution in [-0.2, 0) is 87.5 Å². The fourth-order valence-corrected chi connectivity index (χ4v) is 21.0. The number of Topliss-reactive ketones (excluding diaryl/α,β-unsaturated/α-hetero) is 3. The third-order valence-electron chi connectivity index (χ3n) is 24.8. The van der Waals surface area contributed by atoms with Gasteiger partial charge in [-0.2, -0.15) is 9.59 Å². The average Bonchev–Trinajstić information content (AvgIpc) is 1.47. The van der Waals surface area contributed by atoms with Crippen LogP contribution >= 0.6 is 21.6 Å². The summed E-state index contributed by atoms with van der Waals surface area (Å²) in [4.78, 5) is 179. The first kappa shape index (κ1) is 95.7. The third-order valence-corrected chi connectivity index (χ3v) is 27.1. The number of aliphatic hydroxyl groups is 3. The van der Waals surface area contributed by atoms with Crippen LogP contribution < -0.4 is 36.9 Å². The number of aromatic nitrogens is 3. The number of benzene rings is 3. The Kier molecular flexibility index (Phi) is 33.1.